The van der Waals surface area contributed by atoms with Crippen molar-refractivity contribution >= 4 is 0 Å². The van der Waals surface area contributed by atoms with Crippen molar-refractivity contribution in [3.05, 3.63) is 35.4 Å². The zero-order chi connectivity index (χ0) is 13.0. The van der Waals surface area contributed by atoms with Crippen LogP contribution in [-0.4, -0.2) is 6.04 Å². The molecule has 0 aromatic heterocycles. The van der Waals surface area contributed by atoms with Crippen molar-refractivity contribution < 1.29 is 0 Å². The lowest BCUT2D eigenvalue weighted by Crippen LogP contribution is -2.34. The predicted molar refractivity (Wildman–Crippen MR) is 78.8 cm³/mol. The fourth-order valence-electron chi connectivity index (χ4n) is 3.13. The van der Waals surface area contributed by atoms with E-state index in [4.69, 9.17) is 0 Å². The van der Waals surface area contributed by atoms with E-state index in [2.05, 4.69) is 50.4 Å². The van der Waals surface area contributed by atoms with E-state index in [9.17, 15) is 0 Å². The summed E-state index contributed by atoms with van der Waals surface area (Å²) in [6, 6.07) is 10.2. The Morgan fingerprint density at radius 1 is 1.11 bits per heavy atom. The molecule has 1 N–H and O–H groups in total. The van der Waals surface area contributed by atoms with Crippen molar-refractivity contribution in [2.75, 3.05) is 0 Å². The van der Waals surface area contributed by atoms with E-state index in [1.165, 1.54) is 36.8 Å². The number of hydrogen-bond donors (Lipinski definition) is 1. The molecule has 1 saturated carbocycles. The predicted octanol–water partition coefficient (Wildman–Crippen LogP) is 4.48. The molecule has 1 aromatic rings. The van der Waals surface area contributed by atoms with Crippen LogP contribution in [0.5, 0.6) is 0 Å². The van der Waals surface area contributed by atoms with Crippen molar-refractivity contribution in [2.24, 2.45) is 5.92 Å². The molecule has 100 valence electrons. The molecule has 0 amide bonds. The maximum atomic E-state index is 3.78. The zero-order valence-electron chi connectivity index (χ0n) is 12.1. The van der Waals surface area contributed by atoms with E-state index >= 15 is 0 Å². The first-order valence-electron chi connectivity index (χ1n) is 7.55. The van der Waals surface area contributed by atoms with E-state index in [-0.39, 0.29) is 0 Å². The molecule has 1 aromatic carbocycles. The quantitative estimate of drug-likeness (QED) is 0.806. The summed E-state index contributed by atoms with van der Waals surface area (Å²) < 4.78 is 0. The van der Waals surface area contributed by atoms with Crippen molar-refractivity contribution in [3.8, 4) is 0 Å². The Morgan fingerprint density at radius 2 is 1.72 bits per heavy atom. The van der Waals surface area contributed by atoms with Gasteiger partial charge in [0.05, 0.1) is 0 Å². The average molecular weight is 245 g/mol. The Morgan fingerprint density at radius 3 is 2.28 bits per heavy atom. The van der Waals surface area contributed by atoms with Crippen LogP contribution in [0, 0.1) is 5.92 Å². The number of aryl methyl sites for hydroxylation is 1. The molecule has 0 spiro atoms. The van der Waals surface area contributed by atoms with Gasteiger partial charge in [-0.1, -0.05) is 44.0 Å². The van der Waals surface area contributed by atoms with Gasteiger partial charge in [-0.2, -0.15) is 0 Å². The highest BCUT2D eigenvalue weighted by Crippen LogP contribution is 2.28. The summed E-state index contributed by atoms with van der Waals surface area (Å²) in [5.74, 6) is 0.891. The summed E-state index contributed by atoms with van der Waals surface area (Å²) in [7, 11) is 0. The smallest absolute Gasteiger partial charge is 0.0294 e. The van der Waals surface area contributed by atoms with Crippen LogP contribution in [0.3, 0.4) is 0 Å². The van der Waals surface area contributed by atoms with Crippen LogP contribution >= 0.6 is 0 Å². The fourth-order valence-corrected chi connectivity index (χ4v) is 3.13. The molecule has 2 rings (SSSR count). The Balaban J connectivity index is 1.91. The second-order valence-electron chi connectivity index (χ2n) is 5.82. The third-order valence-electron chi connectivity index (χ3n) is 4.51. The summed E-state index contributed by atoms with van der Waals surface area (Å²) in [5.41, 5.74) is 2.84. The Bertz CT molecular complexity index is 348. The van der Waals surface area contributed by atoms with Gasteiger partial charge in [-0.3, -0.25) is 0 Å². The molecular weight excluding hydrogens is 218 g/mol. The molecule has 2 atom stereocenters. The van der Waals surface area contributed by atoms with Gasteiger partial charge in [-0.05, 0) is 50.2 Å². The van der Waals surface area contributed by atoms with Crippen LogP contribution in [0.2, 0.25) is 0 Å². The zero-order valence-corrected chi connectivity index (χ0v) is 12.1. The topological polar surface area (TPSA) is 12.0 Å². The number of benzene rings is 1. The van der Waals surface area contributed by atoms with Crippen molar-refractivity contribution in [2.45, 2.75) is 65.0 Å². The maximum Gasteiger partial charge on any atom is 0.0294 e. The van der Waals surface area contributed by atoms with E-state index in [1.54, 1.807) is 0 Å². The van der Waals surface area contributed by atoms with Crippen molar-refractivity contribution in [3.63, 3.8) is 0 Å². The van der Waals surface area contributed by atoms with E-state index in [0.29, 0.717) is 12.1 Å². The van der Waals surface area contributed by atoms with Gasteiger partial charge in [0.1, 0.15) is 0 Å². The SMILES string of the molecule is CCc1ccc(C(C)NC(C)C2CCCC2)cc1. The minimum Gasteiger partial charge on any atom is -0.307 e. The van der Waals surface area contributed by atoms with Gasteiger partial charge in [0.2, 0.25) is 0 Å². The van der Waals surface area contributed by atoms with Crippen LogP contribution in [0.4, 0.5) is 0 Å². The van der Waals surface area contributed by atoms with Crippen molar-refractivity contribution in [1.29, 1.82) is 0 Å². The number of hydrogen-bond acceptors (Lipinski definition) is 1. The first-order valence-corrected chi connectivity index (χ1v) is 7.55. The number of rotatable bonds is 5. The minimum atomic E-state index is 0.464. The van der Waals surface area contributed by atoms with Gasteiger partial charge in [-0.25, -0.2) is 0 Å². The molecule has 1 heteroatoms. The Hall–Kier alpha value is -0.820. The van der Waals surface area contributed by atoms with Gasteiger partial charge in [0, 0.05) is 12.1 Å². The molecule has 0 aliphatic heterocycles. The molecule has 0 saturated heterocycles. The minimum absolute atomic E-state index is 0.464. The first-order chi connectivity index (χ1) is 8.70. The number of nitrogens with one attached hydrogen (secondary N) is 1. The average Bonchev–Trinajstić information content (AvgIpc) is 2.92. The monoisotopic (exact) mass is 245 g/mol. The molecule has 1 aliphatic carbocycles. The summed E-state index contributed by atoms with van der Waals surface area (Å²) in [5, 5.41) is 3.78. The van der Waals surface area contributed by atoms with Gasteiger partial charge in [0.25, 0.3) is 0 Å². The Kier molecular flexibility index (Phi) is 4.82. The van der Waals surface area contributed by atoms with Gasteiger partial charge >= 0.3 is 0 Å². The summed E-state index contributed by atoms with van der Waals surface area (Å²) in [6.45, 7) is 6.85. The highest BCUT2D eigenvalue weighted by Gasteiger charge is 2.22. The normalized spacial score (nSPS) is 19.9. The van der Waals surface area contributed by atoms with Crippen molar-refractivity contribution in [1.82, 2.24) is 5.32 Å². The van der Waals surface area contributed by atoms with Crippen LogP contribution in [0.15, 0.2) is 24.3 Å². The second-order valence-corrected chi connectivity index (χ2v) is 5.82. The first kappa shape index (κ1) is 13.6. The molecule has 1 aliphatic rings. The van der Waals surface area contributed by atoms with Crippen LogP contribution in [0.1, 0.15) is 63.6 Å². The molecule has 18 heavy (non-hydrogen) atoms. The third kappa shape index (κ3) is 3.35. The highest BCUT2D eigenvalue weighted by molar-refractivity contribution is 5.24. The van der Waals surface area contributed by atoms with Crippen LogP contribution in [0.25, 0.3) is 0 Å². The molecule has 1 fully saturated rings. The molecule has 0 radical (unpaired) electrons. The second kappa shape index (κ2) is 6.38. The molecule has 1 nitrogen and oxygen atoms in total. The largest absolute Gasteiger partial charge is 0.307 e. The summed E-state index contributed by atoms with van der Waals surface area (Å²) in [4.78, 5) is 0. The highest BCUT2D eigenvalue weighted by atomic mass is 14.9. The lowest BCUT2D eigenvalue weighted by atomic mass is 9.97. The van der Waals surface area contributed by atoms with E-state index < -0.39 is 0 Å². The maximum absolute atomic E-state index is 3.78. The van der Waals surface area contributed by atoms with Gasteiger partial charge in [-0.15, -0.1) is 0 Å². The lowest BCUT2D eigenvalue weighted by molar-refractivity contribution is 0.352. The third-order valence-corrected chi connectivity index (χ3v) is 4.51. The summed E-state index contributed by atoms with van der Waals surface area (Å²) >= 11 is 0. The molecule has 2 unspecified atom stereocenters. The van der Waals surface area contributed by atoms with Gasteiger partial charge < -0.3 is 5.32 Å². The summed E-state index contributed by atoms with van der Waals surface area (Å²) in [6.07, 6.45) is 6.80. The fraction of sp³-hybridized carbons (Fsp3) is 0.647. The molecular formula is C17H27N. The van der Waals surface area contributed by atoms with Gasteiger partial charge in [0.15, 0.2) is 0 Å². The van der Waals surface area contributed by atoms with E-state index in [1.807, 2.05) is 0 Å². The lowest BCUT2D eigenvalue weighted by Gasteiger charge is -2.25. The Labute approximate surface area is 112 Å². The molecule has 0 heterocycles. The van der Waals surface area contributed by atoms with E-state index in [0.717, 1.165) is 12.3 Å². The molecule has 0 bridgehead atoms. The van der Waals surface area contributed by atoms with Crippen LogP contribution < -0.4 is 5.32 Å². The standard InChI is InChI=1S/C17H27N/c1-4-15-9-11-17(12-10-15)14(3)18-13(2)16-7-5-6-8-16/h9-14,16,18H,4-8H2,1-3H3. The van der Waals surface area contributed by atoms with Crippen LogP contribution in [-0.2, 0) is 6.42 Å².